The lowest BCUT2D eigenvalue weighted by atomic mass is 10.1. The first-order chi connectivity index (χ1) is 10.7. The minimum atomic E-state index is 0.0911. The normalized spacial score (nSPS) is 24.6. The molecule has 0 bridgehead atoms. The molecule has 0 unspecified atom stereocenters. The van der Waals surface area contributed by atoms with Gasteiger partial charge in [0, 0.05) is 42.7 Å². The van der Waals surface area contributed by atoms with E-state index in [2.05, 4.69) is 27.0 Å². The van der Waals surface area contributed by atoms with Crippen LogP contribution in [-0.4, -0.2) is 69.0 Å². The second-order valence-electron chi connectivity index (χ2n) is 6.21. The predicted molar refractivity (Wildman–Crippen MR) is 87.4 cm³/mol. The monoisotopic (exact) mass is 319 g/mol. The van der Waals surface area contributed by atoms with Gasteiger partial charge < -0.3 is 9.80 Å². The molecular formula is C15H21N5OS. The zero-order valence-corrected chi connectivity index (χ0v) is 13.7. The number of nitrogens with one attached hydrogen (secondary N) is 1. The lowest BCUT2D eigenvalue weighted by molar-refractivity contribution is 0.0686. The van der Waals surface area contributed by atoms with Gasteiger partial charge in [-0.1, -0.05) is 18.7 Å². The molecule has 3 heterocycles. The molecule has 0 aromatic carbocycles. The number of amidine groups is 1. The van der Waals surface area contributed by atoms with Crippen LogP contribution in [0.3, 0.4) is 0 Å². The Balaban J connectivity index is 1.40. The van der Waals surface area contributed by atoms with Gasteiger partial charge in [0.2, 0.25) is 0 Å². The average molecular weight is 319 g/mol. The molecule has 1 fully saturated rings. The van der Waals surface area contributed by atoms with E-state index in [0.717, 1.165) is 68.4 Å². The van der Waals surface area contributed by atoms with Gasteiger partial charge in [-0.25, -0.2) is 0 Å². The van der Waals surface area contributed by atoms with Crippen LogP contribution in [-0.2, 0) is 12.8 Å². The molecule has 2 aliphatic heterocycles. The van der Waals surface area contributed by atoms with Crippen LogP contribution in [0.4, 0.5) is 0 Å². The Morgan fingerprint density at radius 2 is 2.09 bits per heavy atom. The first kappa shape index (κ1) is 14.1. The minimum Gasteiger partial charge on any atom is -0.348 e. The number of amides is 1. The van der Waals surface area contributed by atoms with E-state index < -0.39 is 0 Å². The molecule has 1 amide bonds. The van der Waals surface area contributed by atoms with Gasteiger partial charge in [-0.2, -0.15) is 5.10 Å². The Morgan fingerprint density at radius 3 is 2.82 bits per heavy atom. The minimum absolute atomic E-state index is 0.0911. The third-order valence-corrected chi connectivity index (χ3v) is 5.79. The quantitative estimate of drug-likeness (QED) is 0.843. The van der Waals surface area contributed by atoms with Gasteiger partial charge in [0.1, 0.15) is 0 Å². The summed E-state index contributed by atoms with van der Waals surface area (Å²) in [6, 6.07) is 0. The van der Waals surface area contributed by atoms with Crippen molar-refractivity contribution in [2.24, 2.45) is 4.99 Å². The van der Waals surface area contributed by atoms with Crippen LogP contribution in [0.5, 0.6) is 0 Å². The molecule has 118 valence electrons. The van der Waals surface area contributed by atoms with Crippen molar-refractivity contribution in [2.45, 2.75) is 31.4 Å². The maximum Gasteiger partial charge on any atom is 0.274 e. The standard InChI is InChI=1S/C15H21N5OS/c1-10-9-16-15(22-10)20-7-5-19(6-8-20)14(21)13-11-3-2-4-12(11)17-18-13/h10H,2-9H2,1H3,(H,17,18)/t10-/m0/s1. The number of aryl methyl sites for hydroxylation is 1. The molecule has 1 aromatic heterocycles. The zero-order chi connectivity index (χ0) is 15.1. The van der Waals surface area contributed by atoms with E-state index in [1.807, 2.05) is 16.7 Å². The Labute approximate surface area is 134 Å². The van der Waals surface area contributed by atoms with E-state index in [0.29, 0.717) is 10.9 Å². The summed E-state index contributed by atoms with van der Waals surface area (Å²) < 4.78 is 0. The molecule has 3 aliphatic rings. The van der Waals surface area contributed by atoms with Gasteiger partial charge in [0.15, 0.2) is 10.9 Å². The topological polar surface area (TPSA) is 64.6 Å². The Bertz CT molecular complexity index is 617. The second-order valence-corrected chi connectivity index (χ2v) is 7.62. The first-order valence-electron chi connectivity index (χ1n) is 8.04. The third kappa shape index (κ3) is 2.41. The molecule has 7 heteroatoms. The number of carbonyl (C=O) groups excluding carboxylic acids is 1. The molecule has 1 atom stereocenters. The fraction of sp³-hybridized carbons (Fsp3) is 0.667. The van der Waals surface area contributed by atoms with Crippen molar-refractivity contribution < 1.29 is 4.79 Å². The number of nitrogens with zero attached hydrogens (tertiary/aromatic N) is 4. The summed E-state index contributed by atoms with van der Waals surface area (Å²) in [6.45, 7) is 6.38. The summed E-state index contributed by atoms with van der Waals surface area (Å²) in [5.74, 6) is 0.0911. The first-order valence-corrected chi connectivity index (χ1v) is 8.92. The fourth-order valence-electron chi connectivity index (χ4n) is 3.38. The van der Waals surface area contributed by atoms with E-state index in [4.69, 9.17) is 0 Å². The number of thioether (sulfide) groups is 1. The summed E-state index contributed by atoms with van der Waals surface area (Å²) in [4.78, 5) is 21.5. The number of rotatable bonds is 1. The molecule has 22 heavy (non-hydrogen) atoms. The summed E-state index contributed by atoms with van der Waals surface area (Å²) in [5.41, 5.74) is 2.96. The zero-order valence-electron chi connectivity index (χ0n) is 12.8. The van der Waals surface area contributed by atoms with Crippen molar-refractivity contribution in [3.05, 3.63) is 17.0 Å². The number of fused-ring (bicyclic) bond motifs is 1. The van der Waals surface area contributed by atoms with Gasteiger partial charge >= 0.3 is 0 Å². The highest BCUT2D eigenvalue weighted by Gasteiger charge is 2.30. The largest absolute Gasteiger partial charge is 0.348 e. The molecule has 6 nitrogen and oxygen atoms in total. The fourth-order valence-corrected chi connectivity index (χ4v) is 4.37. The van der Waals surface area contributed by atoms with Crippen molar-refractivity contribution in [3.63, 3.8) is 0 Å². The lowest BCUT2D eigenvalue weighted by Crippen LogP contribution is -2.50. The van der Waals surface area contributed by atoms with Crippen molar-refractivity contribution in [1.82, 2.24) is 20.0 Å². The maximum absolute atomic E-state index is 12.7. The van der Waals surface area contributed by atoms with Crippen molar-refractivity contribution in [2.75, 3.05) is 32.7 Å². The van der Waals surface area contributed by atoms with Gasteiger partial charge in [-0.05, 0) is 19.3 Å². The van der Waals surface area contributed by atoms with Gasteiger partial charge in [-0.3, -0.25) is 14.9 Å². The molecule has 1 saturated heterocycles. The molecule has 1 aromatic rings. The Morgan fingerprint density at radius 1 is 1.27 bits per heavy atom. The number of aromatic amines is 1. The maximum atomic E-state index is 12.7. The van der Waals surface area contributed by atoms with Crippen LogP contribution in [0.25, 0.3) is 0 Å². The van der Waals surface area contributed by atoms with Crippen LogP contribution >= 0.6 is 11.8 Å². The number of aliphatic imine (C=N–C) groups is 1. The Hall–Kier alpha value is -1.50. The van der Waals surface area contributed by atoms with Gasteiger partial charge in [-0.15, -0.1) is 0 Å². The lowest BCUT2D eigenvalue weighted by Gasteiger charge is -2.35. The average Bonchev–Trinajstić information content (AvgIpc) is 3.23. The molecule has 0 spiro atoms. The molecular weight excluding hydrogens is 298 g/mol. The second kappa shape index (κ2) is 5.61. The molecule has 4 rings (SSSR count). The smallest absolute Gasteiger partial charge is 0.274 e. The molecule has 1 N–H and O–H groups in total. The van der Waals surface area contributed by atoms with Crippen LogP contribution in [0, 0.1) is 0 Å². The van der Waals surface area contributed by atoms with E-state index >= 15 is 0 Å². The summed E-state index contributed by atoms with van der Waals surface area (Å²) >= 11 is 1.85. The van der Waals surface area contributed by atoms with Crippen molar-refractivity contribution in [1.29, 1.82) is 0 Å². The molecule has 0 saturated carbocycles. The summed E-state index contributed by atoms with van der Waals surface area (Å²) in [5, 5.41) is 9.03. The van der Waals surface area contributed by atoms with E-state index in [9.17, 15) is 4.79 Å². The van der Waals surface area contributed by atoms with Crippen LogP contribution < -0.4 is 0 Å². The van der Waals surface area contributed by atoms with E-state index in [1.54, 1.807) is 0 Å². The number of aromatic nitrogens is 2. The number of hydrogen-bond acceptors (Lipinski definition) is 5. The van der Waals surface area contributed by atoms with Gasteiger partial charge in [0.05, 0.1) is 6.54 Å². The Kier molecular flexibility index (Phi) is 3.60. The molecule has 1 aliphatic carbocycles. The predicted octanol–water partition coefficient (Wildman–Crippen LogP) is 1.15. The number of piperazine rings is 1. The number of H-pyrrole nitrogens is 1. The SMILES string of the molecule is C[C@H]1CN=C(N2CCN(C(=O)c3n[nH]c4c3CCC4)CC2)S1. The van der Waals surface area contributed by atoms with E-state index in [-0.39, 0.29) is 5.91 Å². The van der Waals surface area contributed by atoms with Crippen LogP contribution in [0.2, 0.25) is 0 Å². The highest BCUT2D eigenvalue weighted by Crippen LogP contribution is 2.26. The van der Waals surface area contributed by atoms with Crippen LogP contribution in [0.15, 0.2) is 4.99 Å². The van der Waals surface area contributed by atoms with Crippen molar-refractivity contribution in [3.8, 4) is 0 Å². The number of carbonyl (C=O) groups is 1. The summed E-state index contributed by atoms with van der Waals surface area (Å²) in [6.07, 6.45) is 3.14. The molecule has 0 radical (unpaired) electrons. The van der Waals surface area contributed by atoms with Crippen LogP contribution in [0.1, 0.15) is 35.1 Å². The van der Waals surface area contributed by atoms with Crippen molar-refractivity contribution >= 4 is 22.8 Å². The van der Waals surface area contributed by atoms with E-state index in [1.165, 1.54) is 0 Å². The van der Waals surface area contributed by atoms with Gasteiger partial charge in [0.25, 0.3) is 5.91 Å². The summed E-state index contributed by atoms with van der Waals surface area (Å²) in [7, 11) is 0. The highest BCUT2D eigenvalue weighted by molar-refractivity contribution is 8.14. The third-order valence-electron chi connectivity index (χ3n) is 4.64. The number of hydrogen-bond donors (Lipinski definition) is 1. The highest BCUT2D eigenvalue weighted by atomic mass is 32.2.